The Balaban J connectivity index is 1.46. The first-order valence-electron chi connectivity index (χ1n) is 10.5. The number of amides is 1. The van der Waals surface area contributed by atoms with E-state index < -0.39 is 20.1 Å². The van der Waals surface area contributed by atoms with Crippen molar-refractivity contribution in [3.05, 3.63) is 41.0 Å². The highest BCUT2D eigenvalue weighted by Crippen LogP contribution is 2.18. The average Bonchev–Trinajstić information content (AvgIpc) is 3.11. The van der Waals surface area contributed by atoms with E-state index in [4.69, 9.17) is 16.3 Å². The highest BCUT2D eigenvalue weighted by atomic mass is 35.5. The SMILES string of the molecule is C[Si](C)(C)CCOCn1cnc2c1CN(CC(O)CNC(=O)c1cc(Cl)ncn1)CC2. The minimum Gasteiger partial charge on any atom is -0.390 e. The third-order valence-electron chi connectivity index (χ3n) is 5.13. The van der Waals surface area contributed by atoms with E-state index in [1.807, 2.05) is 6.33 Å². The molecule has 31 heavy (non-hydrogen) atoms. The summed E-state index contributed by atoms with van der Waals surface area (Å²) in [6.07, 6.45) is 3.20. The number of carbonyl (C=O) groups is 1. The van der Waals surface area contributed by atoms with Crippen LogP contribution in [0.25, 0.3) is 0 Å². The molecule has 1 unspecified atom stereocenters. The predicted octanol–water partition coefficient (Wildman–Crippen LogP) is 1.79. The van der Waals surface area contributed by atoms with E-state index in [0.29, 0.717) is 19.8 Å². The number of carbonyl (C=O) groups excluding carboxylic acids is 1. The monoisotopic (exact) mass is 466 g/mol. The van der Waals surface area contributed by atoms with Crippen LogP contribution in [0.4, 0.5) is 0 Å². The van der Waals surface area contributed by atoms with Gasteiger partial charge < -0.3 is 19.7 Å². The molecule has 3 rings (SSSR count). The van der Waals surface area contributed by atoms with Gasteiger partial charge in [-0.15, -0.1) is 0 Å². The lowest BCUT2D eigenvalue weighted by Gasteiger charge is -2.29. The predicted molar refractivity (Wildman–Crippen MR) is 121 cm³/mol. The van der Waals surface area contributed by atoms with E-state index in [0.717, 1.165) is 37.0 Å². The standard InChI is InChI=1S/C20H31ClN6O3Si/c1-31(2,3)7-6-30-14-27-13-25-16-4-5-26(11-18(16)27)10-15(28)9-22-20(29)17-8-19(21)24-12-23-17/h8,12-13,15,28H,4-7,9-11,14H2,1-3H3,(H,22,29). The number of β-amino-alcohol motifs (C(OH)–C–C–N with tert-alkyl or cyclic N) is 1. The van der Waals surface area contributed by atoms with Crippen LogP contribution >= 0.6 is 11.6 Å². The summed E-state index contributed by atoms with van der Waals surface area (Å²) >= 11 is 5.78. The molecule has 11 heteroatoms. The van der Waals surface area contributed by atoms with Gasteiger partial charge in [0.15, 0.2) is 0 Å². The summed E-state index contributed by atoms with van der Waals surface area (Å²) in [5, 5.41) is 13.3. The quantitative estimate of drug-likeness (QED) is 0.312. The Morgan fingerprint density at radius 1 is 1.35 bits per heavy atom. The number of aromatic nitrogens is 4. The van der Waals surface area contributed by atoms with Crippen LogP contribution < -0.4 is 5.32 Å². The molecule has 9 nitrogen and oxygen atoms in total. The van der Waals surface area contributed by atoms with Crippen molar-refractivity contribution >= 4 is 25.6 Å². The molecule has 2 aromatic rings. The van der Waals surface area contributed by atoms with Gasteiger partial charge in [-0.25, -0.2) is 15.0 Å². The Hall–Kier alpha value is -1.85. The van der Waals surface area contributed by atoms with Crippen molar-refractivity contribution in [2.75, 3.05) is 26.2 Å². The maximum Gasteiger partial charge on any atom is 0.270 e. The minimum absolute atomic E-state index is 0.128. The van der Waals surface area contributed by atoms with Crippen LogP contribution in [0.3, 0.4) is 0 Å². The number of nitrogens with zero attached hydrogens (tertiary/aromatic N) is 5. The van der Waals surface area contributed by atoms with Crippen molar-refractivity contribution in [1.82, 2.24) is 29.7 Å². The fourth-order valence-corrected chi connectivity index (χ4v) is 4.23. The van der Waals surface area contributed by atoms with E-state index in [-0.39, 0.29) is 17.4 Å². The number of hydrogen-bond acceptors (Lipinski definition) is 7. The largest absolute Gasteiger partial charge is 0.390 e. The molecule has 1 atom stereocenters. The van der Waals surface area contributed by atoms with Gasteiger partial charge in [-0.1, -0.05) is 31.2 Å². The van der Waals surface area contributed by atoms with E-state index in [1.165, 1.54) is 12.4 Å². The van der Waals surface area contributed by atoms with Crippen molar-refractivity contribution in [2.45, 2.75) is 51.5 Å². The fraction of sp³-hybridized carbons (Fsp3) is 0.600. The van der Waals surface area contributed by atoms with Gasteiger partial charge in [0.2, 0.25) is 0 Å². The molecule has 1 aliphatic rings. The van der Waals surface area contributed by atoms with Crippen molar-refractivity contribution in [3.8, 4) is 0 Å². The zero-order chi connectivity index (χ0) is 22.4. The summed E-state index contributed by atoms with van der Waals surface area (Å²) in [6, 6.07) is 2.53. The Morgan fingerprint density at radius 3 is 2.90 bits per heavy atom. The lowest BCUT2D eigenvalue weighted by atomic mass is 10.1. The molecule has 1 aliphatic heterocycles. The number of rotatable bonds is 10. The van der Waals surface area contributed by atoms with Crippen LogP contribution in [0.15, 0.2) is 18.7 Å². The maximum atomic E-state index is 12.1. The molecule has 3 heterocycles. The summed E-state index contributed by atoms with van der Waals surface area (Å²) in [4.78, 5) is 26.5. The van der Waals surface area contributed by atoms with Gasteiger partial charge >= 0.3 is 0 Å². The van der Waals surface area contributed by atoms with Crippen molar-refractivity contribution in [3.63, 3.8) is 0 Å². The van der Waals surface area contributed by atoms with E-state index in [2.05, 4.69) is 49.4 Å². The van der Waals surface area contributed by atoms with Crippen LogP contribution in [-0.4, -0.2) is 75.9 Å². The minimum atomic E-state index is -1.11. The van der Waals surface area contributed by atoms with Crippen LogP contribution in [0, 0.1) is 0 Å². The molecule has 0 aromatic carbocycles. The second kappa shape index (κ2) is 10.6. The first-order chi connectivity index (χ1) is 14.7. The molecule has 2 aromatic heterocycles. The number of nitrogens with one attached hydrogen (secondary N) is 1. The van der Waals surface area contributed by atoms with Crippen molar-refractivity contribution < 1.29 is 14.6 Å². The van der Waals surface area contributed by atoms with Crippen molar-refractivity contribution in [2.24, 2.45) is 0 Å². The third-order valence-corrected chi connectivity index (χ3v) is 7.04. The number of aliphatic hydroxyl groups excluding tert-OH is 1. The van der Waals surface area contributed by atoms with E-state index in [1.54, 1.807) is 0 Å². The van der Waals surface area contributed by atoms with Gasteiger partial charge in [-0.3, -0.25) is 9.69 Å². The second-order valence-corrected chi connectivity index (χ2v) is 15.0. The Morgan fingerprint density at radius 2 is 2.16 bits per heavy atom. The number of halogens is 1. The topological polar surface area (TPSA) is 105 Å². The number of hydrogen-bond donors (Lipinski definition) is 2. The van der Waals surface area contributed by atoms with Gasteiger partial charge in [-0.2, -0.15) is 0 Å². The highest BCUT2D eigenvalue weighted by Gasteiger charge is 2.23. The second-order valence-electron chi connectivity index (χ2n) is 9.03. The highest BCUT2D eigenvalue weighted by molar-refractivity contribution is 6.76. The number of imidazole rings is 1. The smallest absolute Gasteiger partial charge is 0.270 e. The molecular weight excluding hydrogens is 436 g/mol. The van der Waals surface area contributed by atoms with Crippen LogP contribution in [0.2, 0.25) is 30.8 Å². The molecule has 0 saturated carbocycles. The molecule has 0 saturated heterocycles. The molecule has 2 N–H and O–H groups in total. The van der Waals surface area contributed by atoms with Crippen molar-refractivity contribution in [1.29, 1.82) is 0 Å². The van der Waals surface area contributed by atoms with E-state index in [9.17, 15) is 9.90 Å². The molecular formula is C20H31ClN6O3Si. The normalized spacial score (nSPS) is 15.5. The summed E-state index contributed by atoms with van der Waals surface area (Å²) in [7, 11) is -1.11. The molecule has 0 bridgehead atoms. The molecule has 0 aliphatic carbocycles. The Kier molecular flexibility index (Phi) is 8.17. The van der Waals surface area contributed by atoms with Crippen LogP contribution in [-0.2, 0) is 24.4 Å². The molecule has 170 valence electrons. The number of aliphatic hydroxyl groups is 1. The number of fused-ring (bicyclic) bond motifs is 1. The summed E-state index contributed by atoms with van der Waals surface area (Å²) < 4.78 is 7.93. The van der Waals surface area contributed by atoms with Crippen LogP contribution in [0.5, 0.6) is 0 Å². The zero-order valence-electron chi connectivity index (χ0n) is 18.3. The number of ether oxygens (including phenoxy) is 1. The Labute approximate surface area is 188 Å². The molecule has 0 spiro atoms. The van der Waals surface area contributed by atoms with Gasteiger partial charge in [0.1, 0.15) is 23.9 Å². The zero-order valence-corrected chi connectivity index (χ0v) is 20.1. The molecule has 0 fully saturated rings. The molecule has 1 amide bonds. The first kappa shape index (κ1) is 23.8. The summed E-state index contributed by atoms with van der Waals surface area (Å²) in [6.45, 7) is 10.4. The van der Waals surface area contributed by atoms with Gasteiger partial charge in [0, 0.05) is 53.3 Å². The van der Waals surface area contributed by atoms with Gasteiger partial charge in [0.05, 0.1) is 23.8 Å². The third kappa shape index (κ3) is 7.36. The lowest BCUT2D eigenvalue weighted by molar-refractivity contribution is 0.0746. The summed E-state index contributed by atoms with van der Waals surface area (Å²) in [5.41, 5.74) is 2.40. The fourth-order valence-electron chi connectivity index (χ4n) is 3.32. The first-order valence-corrected chi connectivity index (χ1v) is 14.6. The average molecular weight is 467 g/mol. The molecule has 0 radical (unpaired) electrons. The summed E-state index contributed by atoms with van der Waals surface area (Å²) in [5.74, 6) is -0.391. The Bertz CT molecular complexity index is 888. The van der Waals surface area contributed by atoms with Gasteiger partial charge in [-0.05, 0) is 6.04 Å². The van der Waals surface area contributed by atoms with Gasteiger partial charge in [0.25, 0.3) is 5.91 Å². The maximum absolute atomic E-state index is 12.1. The van der Waals surface area contributed by atoms with E-state index >= 15 is 0 Å². The van der Waals surface area contributed by atoms with Crippen LogP contribution in [0.1, 0.15) is 21.9 Å². The lowest BCUT2D eigenvalue weighted by Crippen LogP contribution is -2.42.